The van der Waals surface area contributed by atoms with Crippen LogP contribution in [0.1, 0.15) is 38.5 Å². The van der Waals surface area contributed by atoms with E-state index in [1.807, 2.05) is 0 Å². The molecule has 0 aliphatic heterocycles. The normalized spacial score (nSPS) is 26.8. The summed E-state index contributed by atoms with van der Waals surface area (Å²) in [6.45, 7) is 2.16. The summed E-state index contributed by atoms with van der Waals surface area (Å²) in [5.74, 6) is 0.518. The van der Waals surface area contributed by atoms with E-state index in [-0.39, 0.29) is 6.10 Å². The number of ether oxygens (including phenoxy) is 2. The molecule has 0 spiro atoms. The van der Waals surface area contributed by atoms with E-state index in [2.05, 4.69) is 0 Å². The van der Waals surface area contributed by atoms with Crippen LogP contribution >= 0.6 is 0 Å². The maximum Gasteiger partial charge on any atom is 0.0700 e. The van der Waals surface area contributed by atoms with Crippen molar-refractivity contribution in [2.24, 2.45) is 5.92 Å². The van der Waals surface area contributed by atoms with Crippen molar-refractivity contribution < 1.29 is 14.6 Å². The van der Waals surface area contributed by atoms with Crippen molar-refractivity contribution in [1.29, 1.82) is 0 Å². The number of aliphatic hydroxyl groups excluding tert-OH is 1. The van der Waals surface area contributed by atoms with Crippen LogP contribution in [-0.4, -0.2) is 38.1 Å². The minimum Gasteiger partial charge on any atom is -0.393 e. The molecule has 0 heterocycles. The van der Waals surface area contributed by atoms with Crippen LogP contribution in [0.2, 0.25) is 0 Å². The highest BCUT2D eigenvalue weighted by Gasteiger charge is 2.21. The Morgan fingerprint density at radius 2 is 1.93 bits per heavy atom. The van der Waals surface area contributed by atoms with Gasteiger partial charge in [0.25, 0.3) is 0 Å². The van der Waals surface area contributed by atoms with E-state index in [9.17, 15) is 5.11 Å². The number of aliphatic hydroxyl groups is 1. The molecule has 0 aromatic rings. The largest absolute Gasteiger partial charge is 0.393 e. The molecular formula is C12H24O3. The topological polar surface area (TPSA) is 38.7 Å². The predicted molar refractivity (Wildman–Crippen MR) is 59.9 cm³/mol. The van der Waals surface area contributed by atoms with E-state index in [4.69, 9.17) is 9.47 Å². The maximum atomic E-state index is 9.75. The summed E-state index contributed by atoms with van der Waals surface area (Å²) in [5, 5.41) is 9.75. The van der Waals surface area contributed by atoms with Crippen LogP contribution in [0.25, 0.3) is 0 Å². The van der Waals surface area contributed by atoms with Gasteiger partial charge in [-0.25, -0.2) is 0 Å². The molecule has 0 saturated heterocycles. The van der Waals surface area contributed by atoms with Gasteiger partial charge in [0.1, 0.15) is 0 Å². The molecule has 3 nitrogen and oxygen atoms in total. The molecular weight excluding hydrogens is 192 g/mol. The summed E-state index contributed by atoms with van der Waals surface area (Å²) < 4.78 is 10.3. The van der Waals surface area contributed by atoms with Crippen molar-refractivity contribution >= 4 is 0 Å². The zero-order valence-electron chi connectivity index (χ0n) is 9.78. The average Bonchev–Trinajstić information content (AvgIpc) is 2.25. The second-order valence-electron chi connectivity index (χ2n) is 4.36. The SMILES string of the molecule is COCCOCCCC1CCCCC1O. The summed E-state index contributed by atoms with van der Waals surface area (Å²) >= 11 is 0. The van der Waals surface area contributed by atoms with Crippen molar-refractivity contribution in [3.8, 4) is 0 Å². The van der Waals surface area contributed by atoms with Crippen LogP contribution in [0.4, 0.5) is 0 Å². The molecule has 1 N–H and O–H groups in total. The molecule has 0 radical (unpaired) electrons. The molecule has 1 aliphatic rings. The first-order chi connectivity index (χ1) is 7.34. The number of hydrogen-bond acceptors (Lipinski definition) is 3. The fraction of sp³-hybridized carbons (Fsp3) is 1.00. The Bertz CT molecular complexity index is 150. The first-order valence-corrected chi connectivity index (χ1v) is 6.09. The summed E-state index contributed by atoms with van der Waals surface area (Å²) in [6.07, 6.45) is 6.78. The van der Waals surface area contributed by atoms with Gasteiger partial charge in [-0.05, 0) is 31.6 Å². The molecule has 0 amide bonds. The third-order valence-electron chi connectivity index (χ3n) is 3.16. The molecule has 0 aromatic heterocycles. The fourth-order valence-electron chi connectivity index (χ4n) is 2.22. The van der Waals surface area contributed by atoms with Gasteiger partial charge in [0.15, 0.2) is 0 Å². The zero-order valence-corrected chi connectivity index (χ0v) is 9.78. The van der Waals surface area contributed by atoms with Crippen molar-refractivity contribution in [1.82, 2.24) is 0 Å². The maximum absolute atomic E-state index is 9.75. The van der Waals surface area contributed by atoms with Crippen LogP contribution in [0.3, 0.4) is 0 Å². The molecule has 1 aliphatic carbocycles. The van der Waals surface area contributed by atoms with E-state index < -0.39 is 0 Å². The van der Waals surface area contributed by atoms with Gasteiger partial charge in [0, 0.05) is 13.7 Å². The van der Waals surface area contributed by atoms with Crippen molar-refractivity contribution in [2.75, 3.05) is 26.9 Å². The van der Waals surface area contributed by atoms with Gasteiger partial charge in [-0.2, -0.15) is 0 Å². The van der Waals surface area contributed by atoms with Gasteiger partial charge in [-0.3, -0.25) is 0 Å². The van der Waals surface area contributed by atoms with E-state index in [1.165, 1.54) is 19.3 Å². The lowest BCUT2D eigenvalue weighted by Gasteiger charge is -2.27. The molecule has 90 valence electrons. The fourth-order valence-corrected chi connectivity index (χ4v) is 2.22. The summed E-state index contributed by atoms with van der Waals surface area (Å²) in [4.78, 5) is 0. The van der Waals surface area contributed by atoms with Crippen LogP contribution in [0, 0.1) is 5.92 Å². The molecule has 15 heavy (non-hydrogen) atoms. The molecule has 1 saturated carbocycles. The van der Waals surface area contributed by atoms with E-state index in [0.29, 0.717) is 19.1 Å². The van der Waals surface area contributed by atoms with E-state index in [1.54, 1.807) is 7.11 Å². The lowest BCUT2D eigenvalue weighted by molar-refractivity contribution is 0.0453. The third kappa shape index (κ3) is 5.50. The van der Waals surface area contributed by atoms with E-state index in [0.717, 1.165) is 25.9 Å². The van der Waals surface area contributed by atoms with Crippen LogP contribution in [-0.2, 0) is 9.47 Å². The second kappa shape index (κ2) is 8.08. The highest BCUT2D eigenvalue weighted by molar-refractivity contribution is 4.74. The predicted octanol–water partition coefficient (Wildman–Crippen LogP) is 1.98. The Kier molecular flexibility index (Phi) is 6.98. The number of methoxy groups -OCH3 is 1. The molecule has 2 unspecified atom stereocenters. The summed E-state index contributed by atoms with van der Waals surface area (Å²) in [7, 11) is 1.68. The van der Waals surface area contributed by atoms with Crippen molar-refractivity contribution in [2.45, 2.75) is 44.6 Å². The highest BCUT2D eigenvalue weighted by Crippen LogP contribution is 2.27. The Hall–Kier alpha value is -0.120. The lowest BCUT2D eigenvalue weighted by atomic mass is 9.84. The van der Waals surface area contributed by atoms with Crippen LogP contribution in [0.5, 0.6) is 0 Å². The van der Waals surface area contributed by atoms with Crippen LogP contribution in [0.15, 0.2) is 0 Å². The van der Waals surface area contributed by atoms with Gasteiger partial charge in [0.05, 0.1) is 19.3 Å². The Labute approximate surface area is 92.8 Å². The summed E-state index contributed by atoms with van der Waals surface area (Å²) in [5.41, 5.74) is 0. The minimum absolute atomic E-state index is 0.0577. The van der Waals surface area contributed by atoms with Gasteiger partial charge in [0.2, 0.25) is 0 Å². The Morgan fingerprint density at radius 1 is 1.13 bits per heavy atom. The second-order valence-corrected chi connectivity index (χ2v) is 4.36. The average molecular weight is 216 g/mol. The first-order valence-electron chi connectivity index (χ1n) is 6.09. The quantitative estimate of drug-likeness (QED) is 0.661. The highest BCUT2D eigenvalue weighted by atomic mass is 16.5. The van der Waals surface area contributed by atoms with E-state index >= 15 is 0 Å². The molecule has 1 rings (SSSR count). The standard InChI is InChI=1S/C12H24O3/c1-14-9-10-15-8-4-6-11-5-2-3-7-12(11)13/h11-13H,2-10H2,1H3. The van der Waals surface area contributed by atoms with Crippen molar-refractivity contribution in [3.63, 3.8) is 0 Å². The first kappa shape index (κ1) is 12.9. The Morgan fingerprint density at radius 3 is 2.67 bits per heavy atom. The zero-order chi connectivity index (χ0) is 10.9. The monoisotopic (exact) mass is 216 g/mol. The summed E-state index contributed by atoms with van der Waals surface area (Å²) in [6, 6.07) is 0. The van der Waals surface area contributed by atoms with Crippen molar-refractivity contribution in [3.05, 3.63) is 0 Å². The van der Waals surface area contributed by atoms with Crippen LogP contribution < -0.4 is 0 Å². The minimum atomic E-state index is -0.0577. The molecule has 0 aromatic carbocycles. The molecule has 2 atom stereocenters. The smallest absolute Gasteiger partial charge is 0.0700 e. The van der Waals surface area contributed by atoms with Gasteiger partial charge >= 0.3 is 0 Å². The molecule has 3 heteroatoms. The number of rotatable bonds is 7. The van der Waals surface area contributed by atoms with Gasteiger partial charge in [-0.15, -0.1) is 0 Å². The lowest BCUT2D eigenvalue weighted by Crippen LogP contribution is -2.24. The third-order valence-corrected chi connectivity index (χ3v) is 3.16. The van der Waals surface area contributed by atoms with Gasteiger partial charge in [-0.1, -0.05) is 12.8 Å². The Balaban J connectivity index is 1.94. The van der Waals surface area contributed by atoms with Gasteiger partial charge < -0.3 is 14.6 Å². The molecule has 0 bridgehead atoms. The molecule has 1 fully saturated rings. The number of hydrogen-bond donors (Lipinski definition) is 1.